The van der Waals surface area contributed by atoms with E-state index in [-0.39, 0.29) is 5.78 Å². The van der Waals surface area contributed by atoms with Crippen LogP contribution in [-0.4, -0.2) is 5.78 Å². The Kier molecular flexibility index (Phi) is 8.96. The third kappa shape index (κ3) is 7.21. The summed E-state index contributed by atoms with van der Waals surface area (Å²) in [5, 5.41) is 0. The van der Waals surface area contributed by atoms with Crippen molar-refractivity contribution in [1.82, 2.24) is 0 Å². The van der Waals surface area contributed by atoms with Gasteiger partial charge in [0.05, 0.1) is 0 Å². The van der Waals surface area contributed by atoms with Gasteiger partial charge in [-0.3, -0.25) is 4.79 Å². The van der Waals surface area contributed by atoms with Gasteiger partial charge in [0.15, 0.2) is 11.9 Å². The van der Waals surface area contributed by atoms with Gasteiger partial charge in [-0.1, -0.05) is 88.3 Å². The second-order valence-electron chi connectivity index (χ2n) is 6.83. The molecule has 0 saturated carbocycles. The van der Waals surface area contributed by atoms with E-state index < -0.39 is 0 Å². The number of hydrogen-bond donors (Lipinski definition) is 0. The monoisotopic (exact) mass is 338 g/mol. The molecule has 0 amide bonds. The summed E-state index contributed by atoms with van der Waals surface area (Å²) in [5.74, 6) is 0.175. The number of rotatable bonds is 12. The molecule has 2 heteroatoms. The summed E-state index contributed by atoms with van der Waals surface area (Å²) in [6.07, 6.45) is 13.7. The van der Waals surface area contributed by atoms with Crippen molar-refractivity contribution < 1.29 is 9.36 Å². The van der Waals surface area contributed by atoms with E-state index in [1.165, 1.54) is 57.1 Å². The van der Waals surface area contributed by atoms with Crippen LogP contribution in [-0.2, 0) is 13.0 Å². The molecule has 2 nitrogen and oxygen atoms in total. The zero-order chi connectivity index (χ0) is 17.7. The fraction of sp³-hybridized carbons (Fsp3) is 0.478. The highest BCUT2D eigenvalue weighted by Crippen LogP contribution is 2.10. The molecular weight excluding hydrogens is 306 g/mol. The smallest absolute Gasteiger partial charge is 0.227 e. The van der Waals surface area contributed by atoms with Gasteiger partial charge in [-0.25, -0.2) is 0 Å². The number of benzene rings is 1. The van der Waals surface area contributed by atoms with Crippen LogP contribution in [0.5, 0.6) is 0 Å². The SMILES string of the molecule is CCCCCCCCCCc1cccc[n+]1CC(=O)c1ccccc1. The van der Waals surface area contributed by atoms with E-state index in [0.717, 1.165) is 12.0 Å². The Labute approximate surface area is 152 Å². The maximum Gasteiger partial charge on any atom is 0.227 e. The Bertz CT molecular complexity index is 621. The van der Waals surface area contributed by atoms with Crippen molar-refractivity contribution >= 4 is 5.78 Å². The molecule has 2 aromatic rings. The lowest BCUT2D eigenvalue weighted by atomic mass is 10.1. The summed E-state index contributed by atoms with van der Waals surface area (Å²) in [6.45, 7) is 2.69. The first-order valence-electron chi connectivity index (χ1n) is 9.87. The van der Waals surface area contributed by atoms with Gasteiger partial charge < -0.3 is 0 Å². The van der Waals surface area contributed by atoms with E-state index in [2.05, 4.69) is 23.6 Å². The lowest BCUT2D eigenvalue weighted by Gasteiger charge is -2.04. The third-order valence-corrected chi connectivity index (χ3v) is 4.73. The third-order valence-electron chi connectivity index (χ3n) is 4.73. The second kappa shape index (κ2) is 11.6. The van der Waals surface area contributed by atoms with Gasteiger partial charge in [-0.2, -0.15) is 4.57 Å². The second-order valence-corrected chi connectivity index (χ2v) is 6.83. The summed E-state index contributed by atoms with van der Waals surface area (Å²) in [6, 6.07) is 15.8. The van der Waals surface area contributed by atoms with Crippen molar-refractivity contribution in [2.24, 2.45) is 0 Å². The largest absolute Gasteiger partial charge is 0.287 e. The van der Waals surface area contributed by atoms with Crippen molar-refractivity contribution in [1.29, 1.82) is 0 Å². The maximum atomic E-state index is 12.4. The minimum atomic E-state index is 0.175. The number of carbonyl (C=O) groups is 1. The number of ketones is 1. The predicted molar refractivity (Wildman–Crippen MR) is 104 cm³/mol. The highest BCUT2D eigenvalue weighted by Gasteiger charge is 2.15. The zero-order valence-electron chi connectivity index (χ0n) is 15.6. The Morgan fingerprint density at radius 3 is 2.16 bits per heavy atom. The molecule has 0 aliphatic heterocycles. The van der Waals surface area contributed by atoms with Gasteiger partial charge in [0.1, 0.15) is 0 Å². The summed E-state index contributed by atoms with van der Waals surface area (Å²) in [5.41, 5.74) is 2.05. The molecule has 0 aliphatic carbocycles. The predicted octanol–water partition coefficient (Wildman–Crippen LogP) is 5.54. The molecule has 0 radical (unpaired) electrons. The number of Topliss-reactive ketones (excluding diaryl/α,β-unsaturated/α-hetero) is 1. The molecule has 1 heterocycles. The van der Waals surface area contributed by atoms with Crippen molar-refractivity contribution in [2.45, 2.75) is 71.3 Å². The molecule has 0 atom stereocenters. The average molecular weight is 339 g/mol. The molecule has 0 unspecified atom stereocenters. The average Bonchev–Trinajstić information content (AvgIpc) is 2.66. The Balaban J connectivity index is 1.77. The van der Waals surface area contributed by atoms with Crippen LogP contribution < -0.4 is 4.57 Å². The standard InChI is InChI=1S/C23H32NO/c1-2-3-4-5-6-7-8-12-17-22-18-13-14-19-24(22)20-23(25)21-15-10-9-11-16-21/h9-11,13-16,18-19H,2-8,12,17,20H2,1H3/q+1. The summed E-state index contributed by atoms with van der Waals surface area (Å²) < 4.78 is 2.11. The number of nitrogens with zero attached hydrogens (tertiary/aromatic N) is 1. The van der Waals surface area contributed by atoms with Crippen LogP contribution in [0.4, 0.5) is 0 Å². The van der Waals surface area contributed by atoms with Gasteiger partial charge in [-0.05, 0) is 6.42 Å². The first-order valence-corrected chi connectivity index (χ1v) is 9.87. The molecule has 0 bridgehead atoms. The summed E-state index contributed by atoms with van der Waals surface area (Å²) in [4.78, 5) is 12.4. The first kappa shape index (κ1) is 19.4. The molecule has 0 saturated heterocycles. The maximum absolute atomic E-state index is 12.4. The Hall–Kier alpha value is -1.96. The van der Waals surface area contributed by atoms with Gasteiger partial charge in [-0.15, -0.1) is 0 Å². The van der Waals surface area contributed by atoms with Crippen LogP contribution >= 0.6 is 0 Å². The van der Waals surface area contributed by atoms with E-state index in [0.29, 0.717) is 6.54 Å². The van der Waals surface area contributed by atoms with E-state index in [9.17, 15) is 4.79 Å². The quantitative estimate of drug-likeness (QED) is 0.283. The van der Waals surface area contributed by atoms with Crippen molar-refractivity contribution in [3.8, 4) is 0 Å². The number of pyridine rings is 1. The number of carbonyl (C=O) groups excluding carboxylic acids is 1. The molecular formula is C23H32NO+. The van der Waals surface area contributed by atoms with Crippen LogP contribution in [0.1, 0.15) is 74.3 Å². The summed E-state index contributed by atoms with van der Waals surface area (Å²) >= 11 is 0. The molecule has 1 aromatic heterocycles. The minimum absolute atomic E-state index is 0.175. The number of aryl methyl sites for hydroxylation is 1. The Morgan fingerprint density at radius 2 is 1.44 bits per heavy atom. The highest BCUT2D eigenvalue weighted by molar-refractivity contribution is 5.94. The minimum Gasteiger partial charge on any atom is -0.287 e. The highest BCUT2D eigenvalue weighted by atomic mass is 16.1. The van der Waals surface area contributed by atoms with E-state index in [1.54, 1.807) is 0 Å². The Morgan fingerprint density at radius 1 is 0.800 bits per heavy atom. The van der Waals surface area contributed by atoms with Gasteiger partial charge in [0.25, 0.3) is 0 Å². The topological polar surface area (TPSA) is 20.9 Å². The number of unbranched alkanes of at least 4 members (excludes halogenated alkanes) is 7. The fourth-order valence-electron chi connectivity index (χ4n) is 3.20. The fourth-order valence-corrected chi connectivity index (χ4v) is 3.20. The van der Waals surface area contributed by atoms with Gasteiger partial charge >= 0.3 is 0 Å². The molecule has 0 N–H and O–H groups in total. The normalized spacial score (nSPS) is 10.8. The molecule has 2 rings (SSSR count). The number of aromatic nitrogens is 1. The molecule has 1 aromatic carbocycles. The first-order chi connectivity index (χ1) is 12.3. The molecule has 0 fully saturated rings. The van der Waals surface area contributed by atoms with Crippen LogP contribution in [0.3, 0.4) is 0 Å². The molecule has 0 aliphatic rings. The zero-order valence-corrected chi connectivity index (χ0v) is 15.6. The molecule has 25 heavy (non-hydrogen) atoms. The van der Waals surface area contributed by atoms with E-state index in [1.807, 2.05) is 42.6 Å². The lowest BCUT2D eigenvalue weighted by Crippen LogP contribution is -2.41. The van der Waals surface area contributed by atoms with Crippen molar-refractivity contribution in [3.05, 3.63) is 66.0 Å². The van der Waals surface area contributed by atoms with Crippen molar-refractivity contribution in [3.63, 3.8) is 0 Å². The summed E-state index contributed by atoms with van der Waals surface area (Å²) in [7, 11) is 0. The van der Waals surface area contributed by atoms with Gasteiger partial charge in [0.2, 0.25) is 12.3 Å². The van der Waals surface area contributed by atoms with E-state index >= 15 is 0 Å². The van der Waals surface area contributed by atoms with Gasteiger partial charge in [0, 0.05) is 24.1 Å². The van der Waals surface area contributed by atoms with E-state index in [4.69, 9.17) is 0 Å². The van der Waals surface area contributed by atoms with Crippen LogP contribution in [0.2, 0.25) is 0 Å². The number of hydrogen-bond acceptors (Lipinski definition) is 1. The molecule has 0 spiro atoms. The van der Waals surface area contributed by atoms with Crippen LogP contribution in [0, 0.1) is 0 Å². The molecule has 134 valence electrons. The van der Waals surface area contributed by atoms with Crippen LogP contribution in [0.25, 0.3) is 0 Å². The van der Waals surface area contributed by atoms with Crippen molar-refractivity contribution in [2.75, 3.05) is 0 Å². The lowest BCUT2D eigenvalue weighted by molar-refractivity contribution is -0.690. The van der Waals surface area contributed by atoms with Crippen LogP contribution in [0.15, 0.2) is 54.7 Å².